The predicted molar refractivity (Wildman–Crippen MR) is 132 cm³/mol. The van der Waals surface area contributed by atoms with Crippen molar-refractivity contribution in [1.29, 1.82) is 0 Å². The normalized spacial score (nSPS) is 17.2. The quantitative estimate of drug-likeness (QED) is 0.278. The van der Waals surface area contributed by atoms with Crippen molar-refractivity contribution < 1.29 is 37.5 Å². The van der Waals surface area contributed by atoms with E-state index in [0.29, 0.717) is 19.0 Å². The highest BCUT2D eigenvalue weighted by atomic mass is 19.1. The van der Waals surface area contributed by atoms with Gasteiger partial charge < -0.3 is 31.4 Å². The zero-order valence-corrected chi connectivity index (χ0v) is 20.9. The fourth-order valence-electron chi connectivity index (χ4n) is 3.69. The van der Waals surface area contributed by atoms with Crippen molar-refractivity contribution in [1.82, 2.24) is 20.9 Å². The van der Waals surface area contributed by atoms with Gasteiger partial charge in [-0.2, -0.15) is 0 Å². The number of fused-ring (bicyclic) bond motifs is 1. The molecule has 1 aliphatic heterocycles. The minimum atomic E-state index is -1.14. The number of ether oxygens (including phenoxy) is 1. The van der Waals surface area contributed by atoms with Gasteiger partial charge in [-0.15, -0.1) is 0 Å². The van der Waals surface area contributed by atoms with Crippen molar-refractivity contribution in [2.75, 3.05) is 26.2 Å². The monoisotopic (exact) mass is 535 g/mol. The van der Waals surface area contributed by atoms with E-state index in [1.807, 2.05) is 0 Å². The molecule has 2 aliphatic rings. The Bertz CT molecular complexity index is 1210. The second-order valence-electron chi connectivity index (χ2n) is 9.36. The molecule has 1 saturated heterocycles. The Balaban J connectivity index is 0.000000912. The van der Waals surface area contributed by atoms with Gasteiger partial charge in [0, 0.05) is 23.9 Å². The maximum absolute atomic E-state index is 13.8. The number of esters is 1. The number of aromatic amines is 1. The molecule has 6 N–H and O–H groups in total. The van der Waals surface area contributed by atoms with Gasteiger partial charge in [-0.05, 0) is 30.9 Å². The number of hydrogen-bond donors (Lipinski definition) is 5. The third kappa shape index (κ3) is 8.33. The van der Waals surface area contributed by atoms with E-state index in [1.54, 1.807) is 0 Å². The molecule has 1 aromatic carbocycles. The topological polar surface area (TPSA) is 172 Å². The fraction of sp³-hybridized carbons (Fsp3) is 0.480. The van der Waals surface area contributed by atoms with Gasteiger partial charge in [0.1, 0.15) is 17.3 Å². The van der Waals surface area contributed by atoms with E-state index in [0.717, 1.165) is 12.0 Å². The molecule has 38 heavy (non-hydrogen) atoms. The summed E-state index contributed by atoms with van der Waals surface area (Å²) in [4.78, 5) is 62.8. The number of carbonyl (C=O) groups excluding carboxylic acids is 5. The lowest BCUT2D eigenvalue weighted by Crippen LogP contribution is -2.48. The van der Waals surface area contributed by atoms with Gasteiger partial charge in [0.15, 0.2) is 12.4 Å². The molecule has 2 fully saturated rings. The van der Waals surface area contributed by atoms with Crippen LogP contribution in [0.2, 0.25) is 0 Å². The summed E-state index contributed by atoms with van der Waals surface area (Å²) in [6.45, 7) is 1.10. The smallest absolute Gasteiger partial charge is 0.320 e. The van der Waals surface area contributed by atoms with Gasteiger partial charge in [-0.3, -0.25) is 24.0 Å². The standard InChI is InChI=1S/C21H23F2N5O6.C4H8/c22-12-3-11-5-15(28-19(11)13(23)6-12)21(33)26-8-17(30)27-14(4-10-1-2-25-20(10)32)16(29)9-34-18(31)7-24;1-4-2-3-4/h3,5-6,10,14,28H,1-2,4,7-9,24H2,(H,25,32)(H,26,33)(H,27,30);4H,2-3H2,1H3. The second kappa shape index (κ2) is 13.1. The summed E-state index contributed by atoms with van der Waals surface area (Å²) in [5, 5.41) is 7.51. The van der Waals surface area contributed by atoms with Gasteiger partial charge in [0.05, 0.1) is 24.6 Å². The Morgan fingerprint density at radius 2 is 1.87 bits per heavy atom. The molecule has 1 aromatic heterocycles. The molecule has 2 heterocycles. The van der Waals surface area contributed by atoms with Crippen molar-refractivity contribution in [3.8, 4) is 0 Å². The summed E-state index contributed by atoms with van der Waals surface area (Å²) in [6, 6.07) is 1.80. The molecule has 4 rings (SSSR count). The second-order valence-corrected chi connectivity index (χ2v) is 9.36. The van der Waals surface area contributed by atoms with Crippen LogP contribution in [0.25, 0.3) is 10.9 Å². The SMILES string of the molecule is CC1CC1.NCC(=O)OCC(=O)C(CC1CCNC1=O)NC(=O)CNC(=O)c1cc2cc(F)cc(F)c2[nH]1. The molecule has 206 valence electrons. The summed E-state index contributed by atoms with van der Waals surface area (Å²) in [7, 11) is 0. The van der Waals surface area contributed by atoms with Crippen LogP contribution in [-0.2, 0) is 23.9 Å². The summed E-state index contributed by atoms with van der Waals surface area (Å²) in [5.41, 5.74) is 4.96. The Kier molecular flexibility index (Phi) is 9.88. The zero-order chi connectivity index (χ0) is 27.8. The number of amides is 3. The van der Waals surface area contributed by atoms with Crippen LogP contribution in [0.1, 0.15) is 43.1 Å². The average Bonchev–Trinajstić information content (AvgIpc) is 3.36. The number of nitrogens with one attached hydrogen (secondary N) is 4. The van der Waals surface area contributed by atoms with Crippen LogP contribution >= 0.6 is 0 Å². The summed E-state index contributed by atoms with van der Waals surface area (Å²) >= 11 is 0. The van der Waals surface area contributed by atoms with Crippen molar-refractivity contribution in [2.24, 2.45) is 17.6 Å². The molecule has 0 bridgehead atoms. The number of nitrogens with two attached hydrogens (primary N) is 1. The first-order chi connectivity index (χ1) is 18.1. The molecule has 3 amide bonds. The molecule has 1 aliphatic carbocycles. The van der Waals surface area contributed by atoms with Gasteiger partial charge >= 0.3 is 5.97 Å². The molecule has 0 radical (unpaired) electrons. The lowest BCUT2D eigenvalue weighted by Gasteiger charge is -2.20. The Labute approximate surface area is 217 Å². The highest BCUT2D eigenvalue weighted by Crippen LogP contribution is 2.26. The van der Waals surface area contributed by atoms with Crippen LogP contribution < -0.4 is 21.7 Å². The number of rotatable bonds is 10. The number of carbonyl (C=O) groups is 5. The van der Waals surface area contributed by atoms with Crippen LogP contribution in [-0.4, -0.2) is 66.7 Å². The van der Waals surface area contributed by atoms with Crippen molar-refractivity contribution in [3.05, 3.63) is 35.5 Å². The predicted octanol–water partition coefficient (Wildman–Crippen LogP) is 0.674. The zero-order valence-electron chi connectivity index (χ0n) is 20.9. The third-order valence-corrected chi connectivity index (χ3v) is 6.11. The van der Waals surface area contributed by atoms with Gasteiger partial charge in [-0.1, -0.05) is 19.8 Å². The first kappa shape index (κ1) is 28.7. The van der Waals surface area contributed by atoms with Gasteiger partial charge in [-0.25, -0.2) is 8.78 Å². The van der Waals surface area contributed by atoms with Crippen LogP contribution in [0, 0.1) is 23.5 Å². The molecule has 2 aromatic rings. The lowest BCUT2D eigenvalue weighted by molar-refractivity contribution is -0.147. The minimum Gasteiger partial charge on any atom is -0.457 e. The van der Waals surface area contributed by atoms with Crippen LogP contribution in [0.4, 0.5) is 8.78 Å². The van der Waals surface area contributed by atoms with Crippen molar-refractivity contribution in [2.45, 2.75) is 38.6 Å². The molecular weight excluding hydrogens is 504 g/mol. The van der Waals surface area contributed by atoms with Crippen molar-refractivity contribution in [3.63, 3.8) is 0 Å². The Hall–Kier alpha value is -3.87. The minimum absolute atomic E-state index is 0.0165. The van der Waals surface area contributed by atoms with Crippen molar-refractivity contribution >= 4 is 40.4 Å². The molecule has 1 saturated carbocycles. The number of aromatic nitrogens is 1. The highest BCUT2D eigenvalue weighted by Gasteiger charge is 2.31. The number of ketones is 1. The molecule has 2 atom stereocenters. The number of halogens is 2. The summed E-state index contributed by atoms with van der Waals surface area (Å²) in [6.07, 6.45) is 3.42. The largest absolute Gasteiger partial charge is 0.457 e. The summed E-state index contributed by atoms with van der Waals surface area (Å²) < 4.78 is 31.9. The van der Waals surface area contributed by atoms with E-state index < -0.39 is 66.9 Å². The van der Waals surface area contributed by atoms with Gasteiger partial charge in [0.25, 0.3) is 5.91 Å². The van der Waals surface area contributed by atoms with Crippen LogP contribution in [0.3, 0.4) is 0 Å². The Morgan fingerprint density at radius 3 is 2.47 bits per heavy atom. The van der Waals surface area contributed by atoms with Gasteiger partial charge in [0.2, 0.25) is 11.8 Å². The highest BCUT2D eigenvalue weighted by molar-refractivity contribution is 6.00. The van der Waals surface area contributed by atoms with Crippen LogP contribution in [0.15, 0.2) is 18.2 Å². The molecule has 2 unspecified atom stereocenters. The third-order valence-electron chi connectivity index (χ3n) is 6.11. The maximum Gasteiger partial charge on any atom is 0.320 e. The maximum atomic E-state index is 13.8. The number of Topliss-reactive ketones (excluding diaryl/α,β-unsaturated/α-hetero) is 1. The molecular formula is C25H31F2N5O6. The fourth-order valence-corrected chi connectivity index (χ4v) is 3.69. The first-order valence-electron chi connectivity index (χ1n) is 12.3. The molecule has 11 nitrogen and oxygen atoms in total. The average molecular weight is 536 g/mol. The van der Waals surface area contributed by atoms with E-state index in [1.165, 1.54) is 18.9 Å². The lowest BCUT2D eigenvalue weighted by atomic mass is 9.96. The van der Waals surface area contributed by atoms with E-state index in [4.69, 9.17) is 10.5 Å². The van der Waals surface area contributed by atoms with Crippen LogP contribution in [0.5, 0.6) is 0 Å². The summed E-state index contributed by atoms with van der Waals surface area (Å²) in [5.74, 6) is -4.34. The Morgan fingerprint density at radius 1 is 1.16 bits per heavy atom. The van der Waals surface area contributed by atoms with E-state index >= 15 is 0 Å². The molecule has 0 spiro atoms. The first-order valence-corrected chi connectivity index (χ1v) is 12.3. The molecule has 13 heteroatoms. The number of benzene rings is 1. The van der Waals surface area contributed by atoms with E-state index in [9.17, 15) is 32.8 Å². The number of hydrogen-bond acceptors (Lipinski definition) is 7. The van der Waals surface area contributed by atoms with E-state index in [-0.39, 0.29) is 28.9 Å². The number of H-pyrrole nitrogens is 1. The van der Waals surface area contributed by atoms with E-state index in [2.05, 4.69) is 27.9 Å².